The van der Waals surface area contributed by atoms with Crippen LogP contribution in [0.3, 0.4) is 0 Å². The van der Waals surface area contributed by atoms with E-state index in [-0.39, 0.29) is 0 Å². The lowest BCUT2D eigenvalue weighted by Crippen LogP contribution is -2.33. The van der Waals surface area contributed by atoms with E-state index in [1.54, 1.807) is 0 Å². The van der Waals surface area contributed by atoms with Crippen molar-refractivity contribution in [1.82, 2.24) is 15.3 Å². The Kier molecular flexibility index (Phi) is 3.46. The van der Waals surface area contributed by atoms with Gasteiger partial charge in [0.25, 0.3) is 0 Å². The molecule has 1 N–H and O–H groups in total. The lowest BCUT2D eigenvalue weighted by molar-refractivity contribution is 0.436. The number of nitrogens with zero attached hydrogens (tertiary/aromatic N) is 3. The highest BCUT2D eigenvalue weighted by molar-refractivity contribution is 5.36. The molecule has 0 radical (unpaired) electrons. The maximum atomic E-state index is 4.60. The first kappa shape index (κ1) is 11.9. The van der Waals surface area contributed by atoms with Crippen molar-refractivity contribution in [2.75, 3.05) is 24.5 Å². The van der Waals surface area contributed by atoms with Crippen molar-refractivity contribution in [2.45, 2.75) is 38.6 Å². The van der Waals surface area contributed by atoms with Gasteiger partial charge in [0.05, 0.1) is 24.1 Å². The first-order valence-corrected chi connectivity index (χ1v) is 7.13. The predicted molar refractivity (Wildman–Crippen MR) is 72.6 cm³/mol. The molecule has 0 saturated carbocycles. The summed E-state index contributed by atoms with van der Waals surface area (Å²) in [6.07, 6.45) is 8.89. The van der Waals surface area contributed by atoms with Crippen LogP contribution < -0.4 is 10.2 Å². The Labute approximate surface area is 109 Å². The van der Waals surface area contributed by atoms with Gasteiger partial charge in [-0.1, -0.05) is 6.92 Å². The number of aromatic nitrogens is 2. The second-order valence-electron chi connectivity index (χ2n) is 5.62. The van der Waals surface area contributed by atoms with Gasteiger partial charge in [-0.05, 0) is 38.1 Å². The quantitative estimate of drug-likeness (QED) is 0.868. The lowest BCUT2D eigenvalue weighted by atomic mass is 9.99. The van der Waals surface area contributed by atoms with Crippen LogP contribution in [0.2, 0.25) is 0 Å². The largest absolute Gasteiger partial charge is 0.355 e. The highest BCUT2D eigenvalue weighted by Gasteiger charge is 2.20. The average molecular weight is 246 g/mol. The summed E-state index contributed by atoms with van der Waals surface area (Å²) in [5.74, 6) is 1.90. The van der Waals surface area contributed by atoms with Gasteiger partial charge in [0, 0.05) is 13.1 Å². The monoisotopic (exact) mass is 246 g/mol. The van der Waals surface area contributed by atoms with Crippen molar-refractivity contribution in [3.63, 3.8) is 0 Å². The van der Waals surface area contributed by atoms with Crippen molar-refractivity contribution in [3.05, 3.63) is 18.1 Å². The van der Waals surface area contributed by atoms with Gasteiger partial charge in [-0.25, -0.2) is 4.98 Å². The smallest absolute Gasteiger partial charge is 0.147 e. The summed E-state index contributed by atoms with van der Waals surface area (Å²) in [6.45, 7) is 5.68. The van der Waals surface area contributed by atoms with Crippen molar-refractivity contribution < 1.29 is 0 Å². The van der Waals surface area contributed by atoms with Gasteiger partial charge >= 0.3 is 0 Å². The highest BCUT2D eigenvalue weighted by Crippen LogP contribution is 2.23. The third-order valence-electron chi connectivity index (χ3n) is 4.18. The molecule has 0 spiro atoms. The van der Waals surface area contributed by atoms with E-state index in [0.717, 1.165) is 37.1 Å². The zero-order valence-electron chi connectivity index (χ0n) is 11.1. The van der Waals surface area contributed by atoms with E-state index in [0.29, 0.717) is 6.04 Å². The minimum absolute atomic E-state index is 0.424. The molecule has 0 bridgehead atoms. The fourth-order valence-electron chi connectivity index (χ4n) is 2.85. The molecule has 0 aliphatic carbocycles. The van der Waals surface area contributed by atoms with Gasteiger partial charge in [0.15, 0.2) is 0 Å². The zero-order valence-corrected chi connectivity index (χ0v) is 11.1. The SMILES string of the molecule is CC1CCN(c2cnc(C3CCCN3)cn2)CC1. The Morgan fingerprint density at radius 2 is 2.00 bits per heavy atom. The standard InChI is InChI=1S/C14H22N4/c1-11-4-7-18(8-5-11)14-10-16-13(9-17-14)12-3-2-6-15-12/h9-12,15H,2-8H2,1H3. The molecule has 1 aromatic heterocycles. The number of hydrogen-bond donors (Lipinski definition) is 1. The summed E-state index contributed by atoms with van der Waals surface area (Å²) in [4.78, 5) is 11.5. The molecule has 2 fully saturated rings. The Morgan fingerprint density at radius 1 is 1.17 bits per heavy atom. The third-order valence-corrected chi connectivity index (χ3v) is 4.18. The van der Waals surface area contributed by atoms with E-state index in [9.17, 15) is 0 Å². The Hall–Kier alpha value is -1.16. The fourth-order valence-corrected chi connectivity index (χ4v) is 2.85. The lowest BCUT2D eigenvalue weighted by Gasteiger charge is -2.31. The predicted octanol–water partition coefficient (Wildman–Crippen LogP) is 2.14. The van der Waals surface area contributed by atoms with Crippen LogP contribution >= 0.6 is 0 Å². The van der Waals surface area contributed by atoms with Crippen LogP contribution in [-0.2, 0) is 0 Å². The summed E-state index contributed by atoms with van der Waals surface area (Å²) in [5, 5.41) is 3.46. The second-order valence-corrected chi connectivity index (χ2v) is 5.62. The van der Waals surface area contributed by atoms with Crippen LogP contribution in [0.15, 0.2) is 12.4 Å². The van der Waals surface area contributed by atoms with E-state index >= 15 is 0 Å². The van der Waals surface area contributed by atoms with Crippen LogP contribution in [0.5, 0.6) is 0 Å². The van der Waals surface area contributed by atoms with Crippen LogP contribution in [0.4, 0.5) is 5.82 Å². The maximum absolute atomic E-state index is 4.60. The normalized spacial score (nSPS) is 25.6. The van der Waals surface area contributed by atoms with Crippen LogP contribution in [-0.4, -0.2) is 29.6 Å². The first-order valence-electron chi connectivity index (χ1n) is 7.13. The number of piperidine rings is 1. The zero-order chi connectivity index (χ0) is 12.4. The molecule has 2 aliphatic rings. The summed E-state index contributed by atoms with van der Waals surface area (Å²) in [5.41, 5.74) is 1.10. The molecule has 3 heterocycles. The molecule has 0 aromatic carbocycles. The number of rotatable bonds is 2. The average Bonchev–Trinajstić information content (AvgIpc) is 2.94. The van der Waals surface area contributed by atoms with E-state index in [2.05, 4.69) is 27.1 Å². The molecule has 2 saturated heterocycles. The molecular formula is C14H22N4. The Bertz CT molecular complexity index is 375. The molecule has 1 atom stereocenters. The minimum atomic E-state index is 0.424. The molecule has 3 rings (SSSR count). The van der Waals surface area contributed by atoms with Crippen molar-refractivity contribution in [3.8, 4) is 0 Å². The van der Waals surface area contributed by atoms with E-state index < -0.39 is 0 Å². The van der Waals surface area contributed by atoms with E-state index in [4.69, 9.17) is 0 Å². The van der Waals surface area contributed by atoms with Crippen molar-refractivity contribution in [2.24, 2.45) is 5.92 Å². The molecule has 4 heteroatoms. The molecular weight excluding hydrogens is 224 g/mol. The second kappa shape index (κ2) is 5.22. The first-order chi connectivity index (χ1) is 8.83. The van der Waals surface area contributed by atoms with Crippen LogP contribution in [0.1, 0.15) is 44.3 Å². The Balaban J connectivity index is 1.67. The molecule has 2 aliphatic heterocycles. The molecule has 1 aromatic rings. The fraction of sp³-hybridized carbons (Fsp3) is 0.714. The van der Waals surface area contributed by atoms with Crippen molar-refractivity contribution >= 4 is 5.82 Å². The van der Waals surface area contributed by atoms with E-state index in [1.165, 1.54) is 25.7 Å². The van der Waals surface area contributed by atoms with Gasteiger partial charge in [0.1, 0.15) is 5.82 Å². The summed E-state index contributed by atoms with van der Waals surface area (Å²) in [6, 6.07) is 0.424. The van der Waals surface area contributed by atoms with Crippen LogP contribution in [0, 0.1) is 5.92 Å². The number of hydrogen-bond acceptors (Lipinski definition) is 4. The Morgan fingerprint density at radius 3 is 2.61 bits per heavy atom. The summed E-state index contributed by atoms with van der Waals surface area (Å²) in [7, 11) is 0. The minimum Gasteiger partial charge on any atom is -0.355 e. The maximum Gasteiger partial charge on any atom is 0.147 e. The van der Waals surface area contributed by atoms with Gasteiger partial charge in [-0.15, -0.1) is 0 Å². The van der Waals surface area contributed by atoms with Crippen molar-refractivity contribution in [1.29, 1.82) is 0 Å². The molecule has 98 valence electrons. The third kappa shape index (κ3) is 2.48. The van der Waals surface area contributed by atoms with E-state index in [1.807, 2.05) is 12.4 Å². The summed E-state index contributed by atoms with van der Waals surface area (Å²) >= 11 is 0. The van der Waals surface area contributed by atoms with Gasteiger partial charge < -0.3 is 10.2 Å². The van der Waals surface area contributed by atoms with Gasteiger partial charge in [-0.3, -0.25) is 4.98 Å². The summed E-state index contributed by atoms with van der Waals surface area (Å²) < 4.78 is 0. The molecule has 1 unspecified atom stereocenters. The van der Waals surface area contributed by atoms with Crippen LogP contribution in [0.25, 0.3) is 0 Å². The molecule has 4 nitrogen and oxygen atoms in total. The number of nitrogens with one attached hydrogen (secondary N) is 1. The number of anilines is 1. The van der Waals surface area contributed by atoms with Gasteiger partial charge in [0.2, 0.25) is 0 Å². The van der Waals surface area contributed by atoms with Gasteiger partial charge in [-0.2, -0.15) is 0 Å². The highest BCUT2D eigenvalue weighted by atomic mass is 15.2. The molecule has 18 heavy (non-hydrogen) atoms. The molecule has 0 amide bonds. The topological polar surface area (TPSA) is 41.1 Å².